The van der Waals surface area contributed by atoms with E-state index in [1.54, 1.807) is 33.8 Å². The Morgan fingerprint density at radius 1 is 1.35 bits per heavy atom. The molecule has 0 spiro atoms. The van der Waals surface area contributed by atoms with Crippen LogP contribution in [0, 0.1) is 17.8 Å². The Bertz CT molecular complexity index is 705. The second-order valence-corrected chi connectivity index (χ2v) is 7.84. The van der Waals surface area contributed by atoms with Crippen LogP contribution in [-0.2, 0) is 28.6 Å². The average molecular weight is 362 g/mol. The summed E-state index contributed by atoms with van der Waals surface area (Å²) in [6.07, 6.45) is 2.93. The third-order valence-corrected chi connectivity index (χ3v) is 5.89. The lowest BCUT2D eigenvalue weighted by molar-refractivity contribution is -0.155. The van der Waals surface area contributed by atoms with Crippen molar-refractivity contribution in [3.8, 4) is 0 Å². The summed E-state index contributed by atoms with van der Waals surface area (Å²) in [6, 6.07) is 0. The summed E-state index contributed by atoms with van der Waals surface area (Å²) in [5.41, 5.74) is -0.603. The van der Waals surface area contributed by atoms with Crippen molar-refractivity contribution in [3.05, 3.63) is 23.5 Å². The van der Waals surface area contributed by atoms with Crippen LogP contribution in [0.1, 0.15) is 47.5 Å². The monoisotopic (exact) mass is 362 g/mol. The maximum Gasteiger partial charge on any atom is 0.333 e. The van der Waals surface area contributed by atoms with Crippen LogP contribution in [0.2, 0.25) is 0 Å². The molecule has 0 aromatic rings. The zero-order valence-corrected chi connectivity index (χ0v) is 15.9. The molecule has 3 heterocycles. The summed E-state index contributed by atoms with van der Waals surface area (Å²) in [4.78, 5) is 37.2. The van der Waals surface area contributed by atoms with Crippen molar-refractivity contribution in [1.82, 2.24) is 0 Å². The highest BCUT2D eigenvalue weighted by Crippen LogP contribution is 2.45. The van der Waals surface area contributed by atoms with Crippen molar-refractivity contribution in [2.45, 2.75) is 65.3 Å². The molecule has 0 aliphatic carbocycles. The van der Waals surface area contributed by atoms with Gasteiger partial charge >= 0.3 is 11.9 Å². The predicted octanol–water partition coefficient (Wildman–Crippen LogP) is 2.71. The van der Waals surface area contributed by atoms with E-state index in [-0.39, 0.29) is 36.1 Å². The van der Waals surface area contributed by atoms with Crippen molar-refractivity contribution in [3.63, 3.8) is 0 Å². The first kappa shape index (κ1) is 18.7. The fourth-order valence-corrected chi connectivity index (χ4v) is 4.04. The minimum absolute atomic E-state index is 0.0573. The SMILES string of the molecule is CC=C(C)C(=O)OC1CC2(C)OC(=CC2=O)C(C)CC2OC(=O)C(C)C12. The first-order valence-electron chi connectivity index (χ1n) is 9.15. The molecular weight excluding hydrogens is 336 g/mol. The zero-order valence-electron chi connectivity index (χ0n) is 15.9. The fraction of sp³-hybridized carbons (Fsp3) is 0.650. The molecule has 0 aromatic heterocycles. The summed E-state index contributed by atoms with van der Waals surface area (Å²) in [5.74, 6) is -0.999. The molecule has 2 bridgehead atoms. The Balaban J connectivity index is 1.99. The maximum absolute atomic E-state index is 12.5. The number of carbonyl (C=O) groups excluding carboxylic acids is 3. The molecule has 6 unspecified atom stereocenters. The van der Waals surface area contributed by atoms with E-state index in [0.717, 1.165) is 0 Å². The van der Waals surface area contributed by atoms with Crippen LogP contribution in [0.15, 0.2) is 23.5 Å². The lowest BCUT2D eigenvalue weighted by Crippen LogP contribution is -2.44. The Kier molecular flexibility index (Phi) is 4.71. The van der Waals surface area contributed by atoms with Gasteiger partial charge in [-0.3, -0.25) is 9.59 Å². The van der Waals surface area contributed by atoms with E-state index in [2.05, 4.69) is 0 Å². The molecule has 3 aliphatic heterocycles. The van der Waals surface area contributed by atoms with Gasteiger partial charge in [0.15, 0.2) is 5.60 Å². The topological polar surface area (TPSA) is 78.9 Å². The number of hydrogen-bond acceptors (Lipinski definition) is 6. The van der Waals surface area contributed by atoms with Gasteiger partial charge in [-0.15, -0.1) is 0 Å². The molecule has 2 saturated heterocycles. The molecule has 3 aliphatic rings. The lowest BCUT2D eigenvalue weighted by atomic mass is 9.78. The standard InChI is InChI=1S/C20H26O6/c1-6-10(2)18(22)25-15-9-20(5)16(21)8-13(26-20)11(3)7-14-17(15)12(4)19(23)24-14/h6,8,11-12,14-15,17H,7,9H2,1-5H3. The van der Waals surface area contributed by atoms with E-state index in [9.17, 15) is 14.4 Å². The molecule has 6 atom stereocenters. The lowest BCUT2D eigenvalue weighted by Gasteiger charge is -2.32. The summed E-state index contributed by atoms with van der Waals surface area (Å²) in [7, 11) is 0. The van der Waals surface area contributed by atoms with Crippen LogP contribution < -0.4 is 0 Å². The van der Waals surface area contributed by atoms with Crippen LogP contribution in [0.25, 0.3) is 0 Å². The summed E-state index contributed by atoms with van der Waals surface area (Å²) < 4.78 is 17.4. The van der Waals surface area contributed by atoms with Crippen molar-refractivity contribution in [2.75, 3.05) is 0 Å². The first-order chi connectivity index (χ1) is 12.2. The van der Waals surface area contributed by atoms with Gasteiger partial charge in [0, 0.05) is 29.9 Å². The van der Waals surface area contributed by atoms with Crippen LogP contribution in [-0.4, -0.2) is 35.5 Å². The summed E-state index contributed by atoms with van der Waals surface area (Å²) in [6.45, 7) is 8.90. The van der Waals surface area contributed by atoms with Crippen molar-refractivity contribution >= 4 is 17.7 Å². The van der Waals surface area contributed by atoms with E-state index in [4.69, 9.17) is 14.2 Å². The summed E-state index contributed by atoms with van der Waals surface area (Å²) in [5, 5.41) is 0. The summed E-state index contributed by atoms with van der Waals surface area (Å²) >= 11 is 0. The predicted molar refractivity (Wildman–Crippen MR) is 92.8 cm³/mol. The van der Waals surface area contributed by atoms with Gasteiger partial charge in [0.1, 0.15) is 18.0 Å². The molecule has 0 saturated carbocycles. The normalized spacial score (nSPS) is 39.8. The van der Waals surface area contributed by atoms with Gasteiger partial charge in [0.2, 0.25) is 5.78 Å². The molecule has 0 aromatic carbocycles. The van der Waals surface area contributed by atoms with Crippen molar-refractivity contribution in [2.24, 2.45) is 17.8 Å². The number of carbonyl (C=O) groups is 3. The second kappa shape index (κ2) is 6.56. The van der Waals surface area contributed by atoms with Gasteiger partial charge in [-0.25, -0.2) is 4.79 Å². The first-order valence-corrected chi connectivity index (χ1v) is 9.15. The molecule has 0 radical (unpaired) electrons. The second-order valence-electron chi connectivity index (χ2n) is 7.84. The van der Waals surface area contributed by atoms with Gasteiger partial charge in [-0.05, 0) is 27.2 Å². The van der Waals surface area contributed by atoms with Gasteiger partial charge in [0.25, 0.3) is 0 Å². The zero-order chi connectivity index (χ0) is 19.2. The molecular formula is C20H26O6. The number of ketones is 1. The number of allylic oxidation sites excluding steroid dienone is 2. The third kappa shape index (κ3) is 3.06. The number of hydrogen-bond donors (Lipinski definition) is 0. The molecule has 6 heteroatoms. The average Bonchev–Trinajstić information content (AvgIpc) is 3.03. The molecule has 6 nitrogen and oxygen atoms in total. The highest BCUT2D eigenvalue weighted by atomic mass is 16.6. The highest BCUT2D eigenvalue weighted by Gasteiger charge is 2.54. The quantitative estimate of drug-likeness (QED) is 0.555. The van der Waals surface area contributed by atoms with Crippen LogP contribution in [0.4, 0.5) is 0 Å². The Morgan fingerprint density at radius 2 is 2.04 bits per heavy atom. The van der Waals surface area contributed by atoms with E-state index < -0.39 is 23.6 Å². The van der Waals surface area contributed by atoms with Crippen molar-refractivity contribution in [1.29, 1.82) is 0 Å². The van der Waals surface area contributed by atoms with Crippen LogP contribution in [0.3, 0.4) is 0 Å². The number of rotatable bonds is 2. The highest BCUT2D eigenvalue weighted by molar-refractivity contribution is 5.99. The Labute approximate surface area is 153 Å². The van der Waals surface area contributed by atoms with Gasteiger partial charge in [0.05, 0.1) is 5.92 Å². The van der Waals surface area contributed by atoms with E-state index in [1.165, 1.54) is 6.08 Å². The largest absolute Gasteiger partial charge is 0.483 e. The van der Waals surface area contributed by atoms with E-state index in [1.807, 2.05) is 6.92 Å². The van der Waals surface area contributed by atoms with Crippen LogP contribution in [0.5, 0.6) is 0 Å². The van der Waals surface area contributed by atoms with Gasteiger partial charge in [-0.2, -0.15) is 0 Å². The van der Waals surface area contributed by atoms with Crippen LogP contribution >= 0.6 is 0 Å². The fourth-order valence-electron chi connectivity index (χ4n) is 4.04. The number of esters is 2. The molecule has 0 amide bonds. The minimum atomic E-state index is -1.08. The van der Waals surface area contributed by atoms with Gasteiger partial charge in [-0.1, -0.05) is 19.9 Å². The number of ether oxygens (including phenoxy) is 3. The van der Waals surface area contributed by atoms with E-state index >= 15 is 0 Å². The molecule has 26 heavy (non-hydrogen) atoms. The maximum atomic E-state index is 12.5. The molecule has 142 valence electrons. The molecule has 3 rings (SSSR count). The molecule has 0 N–H and O–H groups in total. The number of fused-ring (bicyclic) bond motifs is 3. The Hall–Kier alpha value is -2.11. The van der Waals surface area contributed by atoms with E-state index in [0.29, 0.717) is 17.8 Å². The van der Waals surface area contributed by atoms with Crippen molar-refractivity contribution < 1.29 is 28.6 Å². The Morgan fingerprint density at radius 3 is 2.69 bits per heavy atom. The van der Waals surface area contributed by atoms with Gasteiger partial charge < -0.3 is 14.2 Å². The third-order valence-electron chi connectivity index (χ3n) is 5.89. The minimum Gasteiger partial charge on any atom is -0.483 e. The smallest absolute Gasteiger partial charge is 0.333 e. The molecule has 2 fully saturated rings.